The van der Waals surface area contributed by atoms with Gasteiger partial charge in [-0.25, -0.2) is 0 Å². The molecule has 0 aromatic heterocycles. The minimum absolute atomic E-state index is 0.0432. The summed E-state index contributed by atoms with van der Waals surface area (Å²) in [5, 5.41) is 0. The number of Topliss-reactive ketones (excluding diaryl/α,β-unsaturated/α-hetero) is 1. The van der Waals surface area contributed by atoms with Crippen LogP contribution < -0.4 is 5.73 Å². The monoisotopic (exact) mass is 371 g/mol. The fraction of sp³-hybridized carbons (Fsp3) is 0.818. The van der Waals surface area contributed by atoms with Gasteiger partial charge in [0.15, 0.2) is 0 Å². The molecule has 6 rings (SSSR count). The molecule has 0 aromatic carbocycles. The lowest BCUT2D eigenvalue weighted by Gasteiger charge is -2.57. The lowest BCUT2D eigenvalue weighted by Crippen LogP contribution is -2.64. The standard InChI is InChI=1S/C22H29NO4/c1-19-6-3-13(24)9-12(19)10-15(23)18-14-4-7-21(8-5-17(25)27-21)20(14,2)11-16-22(18,19)26-16/h10,14-16,18H,3-9,11,23H2,1-2H3/t14?,15-,16-,18?,19+,20+,21-,22-/m1/s1. The second-order valence-corrected chi connectivity index (χ2v) is 10.5. The fourth-order valence-electron chi connectivity index (χ4n) is 8.30. The van der Waals surface area contributed by atoms with Crippen LogP contribution in [0.15, 0.2) is 11.6 Å². The van der Waals surface area contributed by atoms with Crippen LogP contribution in [0.2, 0.25) is 0 Å². The van der Waals surface area contributed by atoms with Crippen LogP contribution in [0.4, 0.5) is 0 Å². The molecule has 3 saturated carbocycles. The Hall–Kier alpha value is -1.20. The van der Waals surface area contributed by atoms with Gasteiger partial charge in [-0.3, -0.25) is 9.59 Å². The van der Waals surface area contributed by atoms with E-state index in [1.807, 2.05) is 0 Å². The molecule has 5 heteroatoms. The van der Waals surface area contributed by atoms with Crippen LogP contribution in [0.1, 0.15) is 65.2 Å². The van der Waals surface area contributed by atoms with E-state index in [1.54, 1.807) is 0 Å². The third-order valence-corrected chi connectivity index (χ3v) is 9.73. The minimum atomic E-state index is -0.319. The molecule has 2 spiro atoms. The molecule has 0 radical (unpaired) electrons. The van der Waals surface area contributed by atoms with Crippen molar-refractivity contribution in [3.05, 3.63) is 11.6 Å². The van der Waals surface area contributed by atoms with Crippen molar-refractivity contribution in [1.29, 1.82) is 0 Å². The smallest absolute Gasteiger partial charge is 0.306 e. The van der Waals surface area contributed by atoms with Gasteiger partial charge in [-0.1, -0.05) is 25.5 Å². The summed E-state index contributed by atoms with van der Waals surface area (Å²) in [6.45, 7) is 4.64. The number of hydrogen-bond donors (Lipinski definition) is 1. The minimum Gasteiger partial charge on any atom is -0.458 e. The second-order valence-electron chi connectivity index (χ2n) is 10.5. The molecular formula is C22H29NO4. The van der Waals surface area contributed by atoms with Gasteiger partial charge >= 0.3 is 5.97 Å². The van der Waals surface area contributed by atoms with Gasteiger partial charge in [0, 0.05) is 42.1 Å². The summed E-state index contributed by atoms with van der Waals surface area (Å²) in [4.78, 5) is 24.1. The van der Waals surface area contributed by atoms with Crippen molar-refractivity contribution >= 4 is 11.8 Å². The molecule has 2 saturated heterocycles. The summed E-state index contributed by atoms with van der Waals surface area (Å²) in [5.74, 6) is 0.945. The van der Waals surface area contributed by atoms with Crippen molar-refractivity contribution in [2.24, 2.45) is 28.4 Å². The van der Waals surface area contributed by atoms with Crippen LogP contribution in [0.3, 0.4) is 0 Å². The highest BCUT2D eigenvalue weighted by Crippen LogP contribution is 2.76. The Morgan fingerprint density at radius 1 is 1.15 bits per heavy atom. The van der Waals surface area contributed by atoms with Crippen LogP contribution >= 0.6 is 0 Å². The quantitative estimate of drug-likeness (QED) is 0.402. The lowest BCUT2D eigenvalue weighted by molar-refractivity contribution is -0.164. The molecule has 2 unspecified atom stereocenters. The van der Waals surface area contributed by atoms with Gasteiger partial charge in [0.1, 0.15) is 17.0 Å². The zero-order chi connectivity index (χ0) is 18.8. The van der Waals surface area contributed by atoms with Gasteiger partial charge < -0.3 is 15.2 Å². The Morgan fingerprint density at radius 3 is 2.70 bits per heavy atom. The van der Waals surface area contributed by atoms with Crippen LogP contribution in [0.5, 0.6) is 0 Å². The number of rotatable bonds is 0. The molecule has 0 bridgehead atoms. The van der Waals surface area contributed by atoms with Gasteiger partial charge in [0.25, 0.3) is 0 Å². The summed E-state index contributed by atoms with van der Waals surface area (Å²) < 4.78 is 12.6. The predicted octanol–water partition coefficient (Wildman–Crippen LogP) is 2.66. The normalized spacial score (nSPS) is 58.1. The Labute approximate surface area is 160 Å². The van der Waals surface area contributed by atoms with Crippen LogP contribution in [0.25, 0.3) is 0 Å². The zero-order valence-corrected chi connectivity index (χ0v) is 16.3. The maximum atomic E-state index is 12.1. The number of hydrogen-bond acceptors (Lipinski definition) is 5. The molecule has 5 nitrogen and oxygen atoms in total. The molecule has 146 valence electrons. The Bertz CT molecular complexity index is 806. The number of ketones is 1. The number of carbonyl (C=O) groups excluding carboxylic acids is 2. The first-order valence-corrected chi connectivity index (χ1v) is 10.6. The molecule has 0 amide bonds. The van der Waals surface area contributed by atoms with Crippen LogP contribution in [0, 0.1) is 22.7 Å². The van der Waals surface area contributed by atoms with E-state index in [2.05, 4.69) is 19.9 Å². The van der Waals surface area contributed by atoms with Crippen molar-refractivity contribution in [2.75, 3.05) is 0 Å². The molecule has 4 aliphatic carbocycles. The molecule has 2 aliphatic heterocycles. The Morgan fingerprint density at radius 2 is 1.96 bits per heavy atom. The SMILES string of the molecule is C[C@]12CCC(=O)CC1=C[C@@H](N)C1C3CC[C@@]4(CCC(=O)O4)[C@@]3(C)C[C@H]3O[C@@]132. The highest BCUT2D eigenvalue weighted by molar-refractivity contribution is 5.83. The molecule has 8 atom stereocenters. The molecule has 5 fully saturated rings. The van der Waals surface area contributed by atoms with Gasteiger partial charge in [0.2, 0.25) is 0 Å². The van der Waals surface area contributed by atoms with Gasteiger partial charge in [0.05, 0.1) is 6.10 Å². The predicted molar refractivity (Wildman–Crippen MR) is 97.6 cm³/mol. The molecule has 2 N–H and O–H groups in total. The van der Waals surface area contributed by atoms with Gasteiger partial charge in [-0.05, 0) is 38.0 Å². The van der Waals surface area contributed by atoms with Crippen molar-refractivity contribution in [3.8, 4) is 0 Å². The summed E-state index contributed by atoms with van der Waals surface area (Å²) >= 11 is 0. The highest BCUT2D eigenvalue weighted by Gasteiger charge is 2.82. The molecule has 2 heterocycles. The van der Waals surface area contributed by atoms with Crippen molar-refractivity contribution in [1.82, 2.24) is 0 Å². The number of ether oxygens (including phenoxy) is 2. The number of carbonyl (C=O) groups is 2. The number of nitrogens with two attached hydrogens (primary N) is 1. The first-order chi connectivity index (χ1) is 12.8. The van der Waals surface area contributed by atoms with Crippen molar-refractivity contribution < 1.29 is 19.1 Å². The maximum absolute atomic E-state index is 12.1. The average molecular weight is 371 g/mol. The Balaban J connectivity index is 1.46. The third-order valence-electron chi connectivity index (χ3n) is 9.73. The molecular weight excluding hydrogens is 342 g/mol. The van der Waals surface area contributed by atoms with Crippen molar-refractivity contribution in [3.63, 3.8) is 0 Å². The topological polar surface area (TPSA) is 81.9 Å². The van der Waals surface area contributed by atoms with Crippen molar-refractivity contribution in [2.45, 2.75) is 88.6 Å². The fourth-order valence-corrected chi connectivity index (χ4v) is 8.30. The van der Waals surface area contributed by atoms with E-state index in [9.17, 15) is 9.59 Å². The van der Waals surface area contributed by atoms with E-state index in [0.29, 0.717) is 31.0 Å². The second kappa shape index (κ2) is 4.68. The third kappa shape index (κ3) is 1.67. The van der Waals surface area contributed by atoms with Gasteiger partial charge in [-0.2, -0.15) is 0 Å². The van der Waals surface area contributed by atoms with E-state index in [-0.39, 0.29) is 46.1 Å². The van der Waals surface area contributed by atoms with E-state index >= 15 is 0 Å². The number of esters is 1. The van der Waals surface area contributed by atoms with E-state index in [1.165, 1.54) is 5.57 Å². The van der Waals surface area contributed by atoms with E-state index < -0.39 is 0 Å². The largest absolute Gasteiger partial charge is 0.458 e. The Kier molecular flexibility index (Phi) is 2.90. The lowest BCUT2D eigenvalue weighted by atomic mass is 9.45. The summed E-state index contributed by atoms with van der Waals surface area (Å²) in [6.07, 6.45) is 8.78. The van der Waals surface area contributed by atoms with E-state index in [0.717, 1.165) is 32.1 Å². The van der Waals surface area contributed by atoms with Crippen LogP contribution in [-0.4, -0.2) is 35.1 Å². The summed E-state index contributed by atoms with van der Waals surface area (Å²) in [6, 6.07) is -0.0825. The molecule has 0 aromatic rings. The summed E-state index contributed by atoms with van der Waals surface area (Å²) in [7, 11) is 0. The zero-order valence-electron chi connectivity index (χ0n) is 16.3. The highest BCUT2D eigenvalue weighted by atomic mass is 16.6. The van der Waals surface area contributed by atoms with Crippen LogP contribution in [-0.2, 0) is 19.1 Å². The average Bonchev–Trinajstić information content (AvgIpc) is 3.09. The first kappa shape index (κ1) is 16.7. The number of epoxide rings is 1. The molecule has 6 aliphatic rings. The maximum Gasteiger partial charge on any atom is 0.306 e. The molecule has 27 heavy (non-hydrogen) atoms. The van der Waals surface area contributed by atoms with Gasteiger partial charge in [-0.15, -0.1) is 0 Å². The van der Waals surface area contributed by atoms with E-state index in [4.69, 9.17) is 15.2 Å². The number of fused-ring (bicyclic) bond motifs is 4. The summed E-state index contributed by atoms with van der Waals surface area (Å²) in [5.41, 5.74) is 7.32. The first-order valence-electron chi connectivity index (χ1n) is 10.6.